The van der Waals surface area contributed by atoms with Gasteiger partial charge in [0.1, 0.15) is 0 Å². The summed E-state index contributed by atoms with van der Waals surface area (Å²) >= 11 is 0. The van der Waals surface area contributed by atoms with Gasteiger partial charge in [-0.1, -0.05) is 99.6 Å². The number of anilines is 3. The van der Waals surface area contributed by atoms with Crippen LogP contribution >= 0.6 is 0 Å². The summed E-state index contributed by atoms with van der Waals surface area (Å²) in [5.74, 6) is 0.391. The molecule has 0 fully saturated rings. The number of fused-ring (bicyclic) bond motifs is 6. The molecule has 0 bridgehead atoms. The van der Waals surface area contributed by atoms with Crippen LogP contribution in [-0.4, -0.2) is 0 Å². The fourth-order valence-electron chi connectivity index (χ4n) is 6.44. The minimum absolute atomic E-state index is 0.0294. The van der Waals surface area contributed by atoms with E-state index in [1.165, 1.54) is 61.6 Å². The molecule has 7 rings (SSSR count). The predicted molar refractivity (Wildman–Crippen MR) is 152 cm³/mol. The van der Waals surface area contributed by atoms with Crippen LogP contribution in [0.15, 0.2) is 115 Å². The van der Waals surface area contributed by atoms with E-state index in [9.17, 15) is 0 Å². The summed E-state index contributed by atoms with van der Waals surface area (Å²) in [6, 6.07) is 42.5. The Morgan fingerprint density at radius 1 is 0.500 bits per heavy atom. The Morgan fingerprint density at radius 2 is 1.08 bits per heavy atom. The van der Waals surface area contributed by atoms with Crippen molar-refractivity contribution in [2.45, 2.75) is 32.1 Å². The maximum Gasteiger partial charge on any atom is 0.0465 e. The summed E-state index contributed by atoms with van der Waals surface area (Å²) in [6.45, 7) is 7.03. The number of benzene rings is 5. The largest absolute Gasteiger partial charge is 0.310 e. The molecule has 0 amide bonds. The molecule has 1 heteroatoms. The average Bonchev–Trinajstić information content (AvgIpc) is 3.33. The highest BCUT2D eigenvalue weighted by Crippen LogP contribution is 2.51. The molecule has 5 aromatic rings. The lowest BCUT2D eigenvalue weighted by molar-refractivity contribution is 0.660. The normalized spacial score (nSPS) is 16.1. The topological polar surface area (TPSA) is 3.24 Å². The number of nitrogens with zero attached hydrogens (tertiary/aromatic N) is 1. The Morgan fingerprint density at radius 3 is 1.89 bits per heavy atom. The monoisotopic (exact) mass is 463 g/mol. The van der Waals surface area contributed by atoms with Gasteiger partial charge in [-0.2, -0.15) is 0 Å². The molecular weight excluding hydrogens is 434 g/mol. The van der Waals surface area contributed by atoms with E-state index < -0.39 is 0 Å². The van der Waals surface area contributed by atoms with Crippen molar-refractivity contribution in [2.75, 3.05) is 4.90 Å². The van der Waals surface area contributed by atoms with E-state index in [0.29, 0.717) is 5.92 Å². The molecule has 0 saturated carbocycles. The molecule has 0 heterocycles. The second-order valence-electron chi connectivity index (χ2n) is 10.7. The third-order valence-electron chi connectivity index (χ3n) is 8.32. The van der Waals surface area contributed by atoms with Gasteiger partial charge in [0.15, 0.2) is 0 Å². The lowest BCUT2D eigenvalue weighted by Gasteiger charge is -2.28. The van der Waals surface area contributed by atoms with Gasteiger partial charge in [0.05, 0.1) is 0 Å². The number of rotatable bonds is 3. The van der Waals surface area contributed by atoms with E-state index in [2.05, 4.69) is 141 Å². The van der Waals surface area contributed by atoms with E-state index in [1.54, 1.807) is 0 Å². The maximum atomic E-state index is 2.41. The molecular formula is C35H29N. The van der Waals surface area contributed by atoms with Gasteiger partial charge in [0.2, 0.25) is 0 Å². The van der Waals surface area contributed by atoms with Gasteiger partial charge in [0.25, 0.3) is 0 Å². The molecule has 1 unspecified atom stereocenters. The van der Waals surface area contributed by atoms with Gasteiger partial charge in [0, 0.05) is 28.4 Å². The fraction of sp³-hybridized carbons (Fsp3) is 0.143. The molecule has 5 aromatic carbocycles. The molecule has 1 nitrogen and oxygen atoms in total. The molecule has 0 saturated heterocycles. The molecule has 2 aliphatic rings. The number of hydrogen-bond acceptors (Lipinski definition) is 1. The van der Waals surface area contributed by atoms with Crippen molar-refractivity contribution in [1.29, 1.82) is 0 Å². The van der Waals surface area contributed by atoms with E-state index in [4.69, 9.17) is 0 Å². The second-order valence-corrected chi connectivity index (χ2v) is 10.7. The molecule has 36 heavy (non-hydrogen) atoms. The first kappa shape index (κ1) is 21.2. The minimum Gasteiger partial charge on any atom is -0.310 e. The van der Waals surface area contributed by atoms with Crippen LogP contribution in [-0.2, 0) is 5.41 Å². The zero-order valence-corrected chi connectivity index (χ0v) is 21.0. The molecule has 0 N–H and O–H groups in total. The van der Waals surface area contributed by atoms with E-state index in [-0.39, 0.29) is 5.41 Å². The molecule has 0 aromatic heterocycles. The number of hydrogen-bond donors (Lipinski definition) is 0. The van der Waals surface area contributed by atoms with Crippen molar-refractivity contribution in [3.8, 4) is 22.3 Å². The highest BCUT2D eigenvalue weighted by molar-refractivity contribution is 5.87. The van der Waals surface area contributed by atoms with Gasteiger partial charge in [-0.15, -0.1) is 0 Å². The third-order valence-corrected chi connectivity index (χ3v) is 8.32. The molecule has 2 aliphatic carbocycles. The lowest BCUT2D eigenvalue weighted by atomic mass is 9.82. The summed E-state index contributed by atoms with van der Waals surface area (Å²) < 4.78 is 0. The quantitative estimate of drug-likeness (QED) is 0.257. The van der Waals surface area contributed by atoms with Gasteiger partial charge >= 0.3 is 0 Å². The summed E-state index contributed by atoms with van der Waals surface area (Å²) in [6.07, 6.45) is 0. The van der Waals surface area contributed by atoms with Crippen LogP contribution in [0.4, 0.5) is 17.1 Å². The fourth-order valence-corrected chi connectivity index (χ4v) is 6.44. The Bertz CT molecular complexity index is 1630. The molecule has 0 aliphatic heterocycles. The number of para-hydroxylation sites is 1. The van der Waals surface area contributed by atoms with E-state index >= 15 is 0 Å². The maximum absolute atomic E-state index is 2.41. The van der Waals surface area contributed by atoms with Crippen LogP contribution in [0, 0.1) is 0 Å². The Hall–Kier alpha value is -4.10. The summed E-state index contributed by atoms with van der Waals surface area (Å²) in [5.41, 5.74) is 14.6. The zero-order valence-electron chi connectivity index (χ0n) is 21.0. The van der Waals surface area contributed by atoms with Crippen molar-refractivity contribution in [3.63, 3.8) is 0 Å². The Labute approximate surface area is 213 Å². The van der Waals surface area contributed by atoms with Crippen LogP contribution in [0.1, 0.15) is 48.9 Å². The molecule has 1 atom stereocenters. The van der Waals surface area contributed by atoms with Crippen LogP contribution in [0.3, 0.4) is 0 Å². The Kier molecular flexibility index (Phi) is 4.53. The average molecular weight is 464 g/mol. The van der Waals surface area contributed by atoms with Crippen LogP contribution in [0.25, 0.3) is 22.3 Å². The van der Waals surface area contributed by atoms with Crippen molar-refractivity contribution in [1.82, 2.24) is 0 Å². The van der Waals surface area contributed by atoms with Crippen molar-refractivity contribution in [3.05, 3.63) is 138 Å². The lowest BCUT2D eigenvalue weighted by Crippen LogP contribution is -2.16. The molecule has 174 valence electrons. The van der Waals surface area contributed by atoms with Crippen LogP contribution in [0.5, 0.6) is 0 Å². The highest BCUT2D eigenvalue weighted by Gasteiger charge is 2.36. The van der Waals surface area contributed by atoms with Crippen molar-refractivity contribution >= 4 is 17.1 Å². The van der Waals surface area contributed by atoms with Crippen LogP contribution < -0.4 is 4.90 Å². The first-order chi connectivity index (χ1) is 17.5. The smallest absolute Gasteiger partial charge is 0.0465 e. The molecule has 0 radical (unpaired) electrons. The standard InChI is InChI=1S/C35H29N/c1-23-27-13-7-8-14-28(27)29-19-17-25(21-32(23)29)36(24-11-5-4-6-12-24)26-18-20-31-30-15-9-10-16-33(30)35(2,3)34(31)22-26/h4-23H,1-3H3. The summed E-state index contributed by atoms with van der Waals surface area (Å²) in [7, 11) is 0. The van der Waals surface area contributed by atoms with Gasteiger partial charge in [-0.25, -0.2) is 0 Å². The highest BCUT2D eigenvalue weighted by atomic mass is 15.1. The summed E-state index contributed by atoms with van der Waals surface area (Å²) in [5, 5.41) is 0. The van der Waals surface area contributed by atoms with Crippen LogP contribution in [0.2, 0.25) is 0 Å². The van der Waals surface area contributed by atoms with Gasteiger partial charge in [-0.05, 0) is 80.9 Å². The second kappa shape index (κ2) is 7.70. The Balaban J connectivity index is 1.40. The van der Waals surface area contributed by atoms with E-state index in [0.717, 1.165) is 0 Å². The predicted octanol–water partition coefficient (Wildman–Crippen LogP) is 9.59. The zero-order chi connectivity index (χ0) is 24.4. The van der Waals surface area contributed by atoms with E-state index in [1.807, 2.05) is 0 Å². The SMILES string of the molecule is CC1c2ccccc2-c2ccc(N(c3ccccc3)c3ccc4c(c3)C(C)(C)c3ccccc3-4)cc21. The molecule has 0 spiro atoms. The van der Waals surface area contributed by atoms with Crippen molar-refractivity contribution < 1.29 is 0 Å². The van der Waals surface area contributed by atoms with Crippen molar-refractivity contribution in [2.24, 2.45) is 0 Å². The minimum atomic E-state index is -0.0294. The summed E-state index contributed by atoms with van der Waals surface area (Å²) in [4.78, 5) is 2.41. The first-order valence-corrected chi connectivity index (χ1v) is 12.9. The third kappa shape index (κ3) is 2.96. The first-order valence-electron chi connectivity index (χ1n) is 12.9. The van der Waals surface area contributed by atoms with Gasteiger partial charge in [-0.3, -0.25) is 0 Å². The van der Waals surface area contributed by atoms with Gasteiger partial charge < -0.3 is 4.90 Å².